The fourth-order valence-electron chi connectivity index (χ4n) is 2.04. The monoisotopic (exact) mass is 247 g/mol. The smallest absolute Gasteiger partial charge is 0.248 e. The van der Waals surface area contributed by atoms with Crippen LogP contribution in [0.25, 0.3) is 0 Å². The van der Waals surface area contributed by atoms with Crippen LogP contribution in [-0.4, -0.2) is 36.3 Å². The van der Waals surface area contributed by atoms with Crippen molar-refractivity contribution in [1.29, 1.82) is 0 Å². The van der Waals surface area contributed by atoms with E-state index in [0.717, 1.165) is 31.6 Å². The number of nitrogens with zero attached hydrogens (tertiary/aromatic N) is 1. The summed E-state index contributed by atoms with van der Waals surface area (Å²) in [7, 11) is 0. The van der Waals surface area contributed by atoms with Gasteiger partial charge in [0, 0.05) is 24.3 Å². The van der Waals surface area contributed by atoms with Gasteiger partial charge in [0.2, 0.25) is 11.8 Å². The quantitative estimate of drug-likeness (QED) is 0.827. The standard InChI is InChI=1S/C13H17N3O2/c14-13(18)10-4-3-5-11(8-10)15-9-12(17)16-6-1-2-7-16/h3-5,8,15H,1-2,6-7,9H2,(H2,14,18). The van der Waals surface area contributed by atoms with Crippen molar-refractivity contribution in [2.24, 2.45) is 5.73 Å². The van der Waals surface area contributed by atoms with Crippen LogP contribution >= 0.6 is 0 Å². The number of rotatable bonds is 4. The molecule has 0 aromatic heterocycles. The van der Waals surface area contributed by atoms with Crippen LogP contribution in [-0.2, 0) is 4.79 Å². The molecule has 1 aromatic carbocycles. The molecule has 2 amide bonds. The molecule has 3 N–H and O–H groups in total. The number of carbonyl (C=O) groups is 2. The van der Waals surface area contributed by atoms with Gasteiger partial charge in [0.25, 0.3) is 0 Å². The molecule has 0 aliphatic carbocycles. The molecule has 0 bridgehead atoms. The highest BCUT2D eigenvalue weighted by Gasteiger charge is 2.17. The van der Waals surface area contributed by atoms with Gasteiger partial charge in [0.1, 0.15) is 0 Å². The minimum Gasteiger partial charge on any atom is -0.376 e. The first-order chi connectivity index (χ1) is 8.66. The summed E-state index contributed by atoms with van der Waals surface area (Å²) in [6, 6.07) is 6.85. The van der Waals surface area contributed by atoms with E-state index in [-0.39, 0.29) is 12.5 Å². The summed E-state index contributed by atoms with van der Waals surface area (Å²) >= 11 is 0. The Morgan fingerprint density at radius 1 is 1.28 bits per heavy atom. The molecule has 18 heavy (non-hydrogen) atoms. The molecule has 5 heteroatoms. The third-order valence-electron chi connectivity index (χ3n) is 3.05. The lowest BCUT2D eigenvalue weighted by Gasteiger charge is -2.16. The molecule has 0 unspecified atom stereocenters. The highest BCUT2D eigenvalue weighted by molar-refractivity contribution is 5.93. The second kappa shape index (κ2) is 5.53. The van der Waals surface area contributed by atoms with Gasteiger partial charge < -0.3 is 16.0 Å². The third-order valence-corrected chi connectivity index (χ3v) is 3.05. The molecule has 0 saturated carbocycles. The topological polar surface area (TPSA) is 75.4 Å². The first-order valence-electron chi connectivity index (χ1n) is 6.08. The van der Waals surface area contributed by atoms with Crippen LogP contribution in [0.4, 0.5) is 5.69 Å². The van der Waals surface area contributed by atoms with E-state index in [9.17, 15) is 9.59 Å². The van der Waals surface area contributed by atoms with E-state index in [0.29, 0.717) is 5.56 Å². The number of primary amides is 1. The van der Waals surface area contributed by atoms with Gasteiger partial charge >= 0.3 is 0 Å². The molecule has 5 nitrogen and oxygen atoms in total. The Morgan fingerprint density at radius 3 is 2.67 bits per heavy atom. The molecular weight excluding hydrogens is 230 g/mol. The number of nitrogens with two attached hydrogens (primary N) is 1. The lowest BCUT2D eigenvalue weighted by molar-refractivity contribution is -0.128. The molecule has 1 aliphatic rings. The average Bonchev–Trinajstić information content (AvgIpc) is 2.90. The van der Waals surface area contributed by atoms with Crippen molar-refractivity contribution >= 4 is 17.5 Å². The van der Waals surface area contributed by atoms with Gasteiger partial charge in [0.05, 0.1) is 6.54 Å². The summed E-state index contributed by atoms with van der Waals surface area (Å²) in [6.45, 7) is 1.95. The van der Waals surface area contributed by atoms with Crippen molar-refractivity contribution in [2.75, 3.05) is 25.0 Å². The zero-order valence-corrected chi connectivity index (χ0v) is 10.2. The number of amides is 2. The minimum absolute atomic E-state index is 0.0944. The molecule has 1 aliphatic heterocycles. The first-order valence-corrected chi connectivity index (χ1v) is 6.08. The molecule has 1 aromatic rings. The number of carbonyl (C=O) groups excluding carboxylic acids is 2. The fraction of sp³-hybridized carbons (Fsp3) is 0.385. The first kappa shape index (κ1) is 12.4. The number of hydrogen-bond donors (Lipinski definition) is 2. The maximum absolute atomic E-state index is 11.8. The van der Waals surface area contributed by atoms with Crippen molar-refractivity contribution < 1.29 is 9.59 Å². The molecule has 0 atom stereocenters. The Hall–Kier alpha value is -2.04. The van der Waals surface area contributed by atoms with Crippen molar-refractivity contribution in [3.63, 3.8) is 0 Å². The maximum Gasteiger partial charge on any atom is 0.248 e. The summed E-state index contributed by atoms with van der Waals surface area (Å²) in [5.74, 6) is -0.374. The molecular formula is C13H17N3O2. The van der Waals surface area contributed by atoms with E-state index in [2.05, 4.69) is 5.32 Å². The van der Waals surface area contributed by atoms with Gasteiger partial charge in [-0.2, -0.15) is 0 Å². The summed E-state index contributed by atoms with van der Waals surface area (Å²) in [5, 5.41) is 3.02. The zero-order valence-electron chi connectivity index (χ0n) is 10.2. The van der Waals surface area contributed by atoms with E-state index in [1.807, 2.05) is 11.0 Å². The van der Waals surface area contributed by atoms with Crippen LogP contribution < -0.4 is 11.1 Å². The van der Waals surface area contributed by atoms with Crippen LogP contribution in [0.1, 0.15) is 23.2 Å². The maximum atomic E-state index is 11.8. The highest BCUT2D eigenvalue weighted by atomic mass is 16.2. The van der Waals surface area contributed by atoms with Crippen LogP contribution in [0, 0.1) is 0 Å². The Morgan fingerprint density at radius 2 is 2.00 bits per heavy atom. The number of anilines is 1. The molecule has 1 saturated heterocycles. The van der Waals surface area contributed by atoms with Crippen LogP contribution in [0.2, 0.25) is 0 Å². The van der Waals surface area contributed by atoms with Gasteiger partial charge in [-0.05, 0) is 31.0 Å². The van der Waals surface area contributed by atoms with E-state index in [4.69, 9.17) is 5.73 Å². The van der Waals surface area contributed by atoms with Crippen molar-refractivity contribution in [1.82, 2.24) is 4.90 Å². The summed E-state index contributed by atoms with van der Waals surface area (Å²) < 4.78 is 0. The third kappa shape index (κ3) is 3.00. The van der Waals surface area contributed by atoms with Crippen molar-refractivity contribution in [2.45, 2.75) is 12.8 Å². The van der Waals surface area contributed by atoms with Crippen molar-refractivity contribution in [3.8, 4) is 0 Å². The normalized spacial score (nSPS) is 14.6. The van der Waals surface area contributed by atoms with E-state index in [1.54, 1.807) is 18.2 Å². The number of likely N-dealkylation sites (tertiary alicyclic amines) is 1. The van der Waals surface area contributed by atoms with E-state index in [1.165, 1.54) is 0 Å². The van der Waals surface area contributed by atoms with Gasteiger partial charge in [-0.15, -0.1) is 0 Å². The van der Waals surface area contributed by atoms with Crippen LogP contribution in [0.15, 0.2) is 24.3 Å². The highest BCUT2D eigenvalue weighted by Crippen LogP contribution is 2.11. The van der Waals surface area contributed by atoms with E-state index < -0.39 is 5.91 Å². The van der Waals surface area contributed by atoms with Gasteiger partial charge in [-0.3, -0.25) is 9.59 Å². The molecule has 2 rings (SSSR count). The second-order valence-electron chi connectivity index (χ2n) is 4.39. The van der Waals surface area contributed by atoms with Gasteiger partial charge in [-0.1, -0.05) is 6.07 Å². The predicted octanol–water partition coefficient (Wildman–Crippen LogP) is 0.820. The Balaban J connectivity index is 1.91. The molecule has 0 radical (unpaired) electrons. The predicted molar refractivity (Wildman–Crippen MR) is 69.3 cm³/mol. The minimum atomic E-state index is -0.468. The SMILES string of the molecule is NC(=O)c1cccc(NCC(=O)N2CCCC2)c1. The zero-order chi connectivity index (χ0) is 13.0. The van der Waals surface area contributed by atoms with E-state index >= 15 is 0 Å². The second-order valence-corrected chi connectivity index (χ2v) is 4.39. The number of benzene rings is 1. The molecule has 0 spiro atoms. The molecule has 1 heterocycles. The Kier molecular flexibility index (Phi) is 3.82. The Bertz CT molecular complexity index is 453. The fourth-order valence-corrected chi connectivity index (χ4v) is 2.04. The Labute approximate surface area is 106 Å². The number of nitrogens with one attached hydrogen (secondary N) is 1. The van der Waals surface area contributed by atoms with Crippen molar-refractivity contribution in [3.05, 3.63) is 29.8 Å². The molecule has 1 fully saturated rings. The lowest BCUT2D eigenvalue weighted by Crippen LogP contribution is -2.33. The van der Waals surface area contributed by atoms with Gasteiger partial charge in [0.15, 0.2) is 0 Å². The summed E-state index contributed by atoms with van der Waals surface area (Å²) in [4.78, 5) is 24.7. The largest absolute Gasteiger partial charge is 0.376 e. The van der Waals surface area contributed by atoms with Gasteiger partial charge in [-0.25, -0.2) is 0 Å². The summed E-state index contributed by atoms with van der Waals surface area (Å²) in [6.07, 6.45) is 2.17. The number of hydrogen-bond acceptors (Lipinski definition) is 3. The van der Waals surface area contributed by atoms with Crippen LogP contribution in [0.5, 0.6) is 0 Å². The lowest BCUT2D eigenvalue weighted by atomic mass is 10.2. The average molecular weight is 247 g/mol. The molecule has 96 valence electrons. The van der Waals surface area contributed by atoms with Crippen LogP contribution in [0.3, 0.4) is 0 Å². The summed E-state index contributed by atoms with van der Waals surface area (Å²) in [5.41, 5.74) is 6.37.